The lowest BCUT2D eigenvalue weighted by Gasteiger charge is -1.99. The third-order valence-corrected chi connectivity index (χ3v) is 1.57. The van der Waals surface area contributed by atoms with Crippen molar-refractivity contribution < 1.29 is 29.4 Å². The number of aliphatic carboxylic acids is 2. The van der Waals surface area contributed by atoms with Gasteiger partial charge in [-0.15, -0.1) is 0 Å². The zero-order chi connectivity index (χ0) is 12.7. The molecular weight excluding hydrogens is 220 g/mol. The van der Waals surface area contributed by atoms with Gasteiger partial charge >= 0.3 is 11.9 Å². The van der Waals surface area contributed by atoms with E-state index in [2.05, 4.69) is 5.32 Å². The fourth-order valence-corrected chi connectivity index (χ4v) is 0.783. The van der Waals surface area contributed by atoms with Crippen LogP contribution in [0.5, 0.6) is 0 Å². The van der Waals surface area contributed by atoms with Gasteiger partial charge in [-0.2, -0.15) is 0 Å². The fourth-order valence-electron chi connectivity index (χ4n) is 0.783. The number of carbonyl (C=O) groups excluding carboxylic acids is 2. The Morgan fingerprint density at radius 1 is 1.25 bits per heavy atom. The maximum atomic E-state index is 10.1. The van der Waals surface area contributed by atoms with Crippen LogP contribution in [0.1, 0.15) is 19.3 Å². The van der Waals surface area contributed by atoms with Crippen molar-refractivity contribution in [2.75, 3.05) is 0 Å². The summed E-state index contributed by atoms with van der Waals surface area (Å²) < 4.78 is 0. The van der Waals surface area contributed by atoms with Crippen LogP contribution in [0.15, 0.2) is 0 Å². The van der Waals surface area contributed by atoms with E-state index in [0.29, 0.717) is 12.8 Å². The predicted molar refractivity (Wildman–Crippen MR) is 50.2 cm³/mol. The highest BCUT2D eigenvalue weighted by molar-refractivity contribution is 6.01. The number of hydrogen-bond donors (Lipinski definition) is 4. The van der Waals surface area contributed by atoms with E-state index in [1.54, 1.807) is 0 Å². The highest BCUT2D eigenvalue weighted by atomic mass is 16.4. The Labute approximate surface area is 90.4 Å². The molecule has 5 N–H and O–H groups in total. The molecule has 0 saturated carbocycles. The fraction of sp³-hybridized carbons (Fsp3) is 0.500. The van der Waals surface area contributed by atoms with E-state index in [9.17, 15) is 19.2 Å². The summed E-state index contributed by atoms with van der Waals surface area (Å²) in [4.78, 5) is 39.9. The lowest BCUT2D eigenvalue weighted by molar-refractivity contribution is -0.144. The van der Waals surface area contributed by atoms with E-state index >= 15 is 0 Å². The van der Waals surface area contributed by atoms with Gasteiger partial charge in [0.15, 0.2) is 0 Å². The Bertz CT molecular complexity index is 300. The molecule has 1 aliphatic heterocycles. The molecule has 1 rings (SSSR count). The lowest BCUT2D eigenvalue weighted by atomic mass is 10.2. The minimum atomic E-state index is -1.29. The molecule has 0 aromatic carbocycles. The Morgan fingerprint density at radius 2 is 1.69 bits per heavy atom. The number of hydrogen-bond acceptors (Lipinski definition) is 5. The quantitative estimate of drug-likeness (QED) is 0.424. The number of amides is 2. The van der Waals surface area contributed by atoms with Gasteiger partial charge in [-0.25, -0.2) is 0 Å². The minimum Gasteiger partial charge on any atom is -0.481 e. The molecule has 0 spiro atoms. The highest BCUT2D eigenvalue weighted by Crippen LogP contribution is 1.95. The van der Waals surface area contributed by atoms with Gasteiger partial charge in [-0.1, -0.05) is 0 Å². The first kappa shape index (κ1) is 14.0. The van der Waals surface area contributed by atoms with Crippen molar-refractivity contribution in [1.29, 1.82) is 0 Å². The molecule has 2 amide bonds. The van der Waals surface area contributed by atoms with Crippen LogP contribution in [0.3, 0.4) is 0 Å². The van der Waals surface area contributed by atoms with Crippen LogP contribution in [0.25, 0.3) is 0 Å². The van der Waals surface area contributed by atoms with Crippen molar-refractivity contribution in [2.45, 2.75) is 25.3 Å². The van der Waals surface area contributed by atoms with Crippen molar-refractivity contribution in [3.05, 3.63) is 0 Å². The molecule has 1 saturated heterocycles. The normalized spacial score (nSPS) is 15.8. The number of carboxylic acids is 2. The Kier molecular flexibility index (Phi) is 5.71. The first-order valence-corrected chi connectivity index (χ1v) is 4.35. The van der Waals surface area contributed by atoms with Gasteiger partial charge in [0, 0.05) is 12.8 Å². The van der Waals surface area contributed by atoms with E-state index in [1.807, 2.05) is 0 Å². The summed E-state index contributed by atoms with van der Waals surface area (Å²) in [5.41, 5.74) is 4.84. The van der Waals surface area contributed by atoms with Crippen LogP contribution in [0.4, 0.5) is 0 Å². The number of carboxylic acid groups (broad SMARTS) is 2. The molecule has 8 heteroatoms. The van der Waals surface area contributed by atoms with Gasteiger partial charge in [0.05, 0.1) is 6.42 Å². The van der Waals surface area contributed by atoms with Gasteiger partial charge in [-0.05, 0) is 0 Å². The van der Waals surface area contributed by atoms with Crippen LogP contribution in [-0.4, -0.2) is 40.0 Å². The first-order valence-electron chi connectivity index (χ1n) is 4.35. The van der Waals surface area contributed by atoms with Crippen molar-refractivity contribution >= 4 is 23.8 Å². The Hall–Kier alpha value is -1.96. The van der Waals surface area contributed by atoms with Crippen molar-refractivity contribution in [3.63, 3.8) is 0 Å². The van der Waals surface area contributed by atoms with Crippen LogP contribution < -0.4 is 11.1 Å². The van der Waals surface area contributed by atoms with Gasteiger partial charge in [0.25, 0.3) is 0 Å². The van der Waals surface area contributed by atoms with Crippen LogP contribution >= 0.6 is 0 Å². The molecule has 8 nitrogen and oxygen atoms in total. The van der Waals surface area contributed by atoms with E-state index in [4.69, 9.17) is 15.9 Å². The van der Waals surface area contributed by atoms with Gasteiger partial charge in [0.2, 0.25) is 11.8 Å². The third-order valence-electron chi connectivity index (χ3n) is 1.57. The second kappa shape index (κ2) is 6.51. The molecule has 16 heavy (non-hydrogen) atoms. The smallest absolute Gasteiger partial charge is 0.321 e. The molecule has 0 aromatic rings. The third kappa shape index (κ3) is 6.49. The summed E-state index contributed by atoms with van der Waals surface area (Å²) in [7, 11) is 0. The maximum Gasteiger partial charge on any atom is 0.321 e. The highest BCUT2D eigenvalue weighted by Gasteiger charge is 2.15. The largest absolute Gasteiger partial charge is 0.481 e. The second-order valence-electron chi connectivity index (χ2n) is 3.01. The summed E-state index contributed by atoms with van der Waals surface area (Å²) >= 11 is 0. The zero-order valence-electron chi connectivity index (χ0n) is 8.30. The molecule has 0 aliphatic carbocycles. The molecule has 90 valence electrons. The lowest BCUT2D eigenvalue weighted by Crippen LogP contribution is -2.32. The van der Waals surface area contributed by atoms with Crippen molar-refractivity contribution in [1.82, 2.24) is 5.32 Å². The summed E-state index contributed by atoms with van der Waals surface area (Å²) in [5.74, 6) is -2.79. The average molecular weight is 232 g/mol. The molecule has 1 fully saturated rings. The first-order chi connectivity index (χ1) is 7.32. The average Bonchev–Trinajstić information content (AvgIpc) is 2.49. The van der Waals surface area contributed by atoms with Crippen LogP contribution in [-0.2, 0) is 19.2 Å². The zero-order valence-corrected chi connectivity index (χ0v) is 8.30. The summed E-state index contributed by atoms with van der Waals surface area (Å²) in [6, 6.07) is -1.29. The van der Waals surface area contributed by atoms with E-state index in [-0.39, 0.29) is 11.8 Å². The van der Waals surface area contributed by atoms with E-state index < -0.39 is 24.4 Å². The topological polar surface area (TPSA) is 147 Å². The molecule has 1 aliphatic rings. The molecule has 0 radical (unpaired) electrons. The molecule has 0 bridgehead atoms. The molecule has 1 heterocycles. The number of nitrogens with two attached hydrogens (primary N) is 1. The number of rotatable bonds is 3. The number of nitrogens with one attached hydrogen (secondary N) is 1. The number of carbonyl (C=O) groups is 4. The molecule has 0 aromatic heterocycles. The van der Waals surface area contributed by atoms with Crippen LogP contribution in [0, 0.1) is 0 Å². The molecule has 1 atom stereocenters. The second-order valence-corrected chi connectivity index (χ2v) is 3.01. The molecular formula is C8H12N2O6. The van der Waals surface area contributed by atoms with E-state index in [1.165, 1.54) is 0 Å². The van der Waals surface area contributed by atoms with Gasteiger partial charge < -0.3 is 15.9 Å². The van der Waals surface area contributed by atoms with Crippen LogP contribution in [0.2, 0.25) is 0 Å². The minimum absolute atomic E-state index is 0.148. The van der Waals surface area contributed by atoms with Crippen molar-refractivity contribution in [2.24, 2.45) is 5.73 Å². The van der Waals surface area contributed by atoms with Gasteiger partial charge in [0.1, 0.15) is 6.04 Å². The SMILES string of the molecule is N[C@@H](CC(=O)O)C(=O)O.O=C1CCC(=O)N1. The monoisotopic (exact) mass is 232 g/mol. The maximum absolute atomic E-state index is 10.1. The predicted octanol–water partition coefficient (Wildman–Crippen LogP) is -1.70. The Balaban J connectivity index is 0.000000288. The number of imide groups is 1. The molecule has 0 unspecified atom stereocenters. The Morgan fingerprint density at radius 3 is 1.81 bits per heavy atom. The summed E-state index contributed by atoms with van der Waals surface area (Å²) in [6.45, 7) is 0. The summed E-state index contributed by atoms with van der Waals surface area (Å²) in [5, 5.41) is 18.2. The summed E-state index contributed by atoms with van der Waals surface area (Å²) in [6.07, 6.45) is 0.215. The van der Waals surface area contributed by atoms with Crippen molar-refractivity contribution in [3.8, 4) is 0 Å². The standard InChI is InChI=1S/C4H7NO4.C4H5NO2/c5-2(4(8)9)1-3(6)7;6-3-1-2-4(7)5-3/h2H,1,5H2,(H,6,7)(H,8,9);1-2H2,(H,5,6,7)/t2-;/m0./s1. The van der Waals surface area contributed by atoms with E-state index in [0.717, 1.165) is 0 Å². The van der Waals surface area contributed by atoms with Gasteiger partial charge in [-0.3, -0.25) is 24.5 Å².